The van der Waals surface area contributed by atoms with E-state index in [1.54, 1.807) is 12.1 Å². The van der Waals surface area contributed by atoms with Crippen LogP contribution in [-0.4, -0.2) is 34.3 Å². The highest BCUT2D eigenvalue weighted by Crippen LogP contribution is 2.26. The van der Waals surface area contributed by atoms with Gasteiger partial charge in [0.15, 0.2) is 5.82 Å². The van der Waals surface area contributed by atoms with E-state index in [1.165, 1.54) is 6.33 Å². The fraction of sp³-hybridized carbons (Fsp3) is 0.333. The summed E-state index contributed by atoms with van der Waals surface area (Å²) in [6.07, 6.45) is 3.09. The number of ether oxygens (including phenoxy) is 2. The van der Waals surface area contributed by atoms with E-state index in [1.807, 2.05) is 6.07 Å². The second kappa shape index (κ2) is 6.37. The molecule has 1 aliphatic rings. The van der Waals surface area contributed by atoms with Crippen LogP contribution in [0.25, 0.3) is 11.4 Å². The van der Waals surface area contributed by atoms with Crippen molar-refractivity contribution in [3.05, 3.63) is 30.1 Å². The lowest BCUT2D eigenvalue weighted by Gasteiger charge is -2.23. The van der Waals surface area contributed by atoms with Gasteiger partial charge in [-0.3, -0.25) is 0 Å². The summed E-state index contributed by atoms with van der Waals surface area (Å²) < 4.78 is 11.2. The smallest absolute Gasteiger partial charge is 0.223 e. The summed E-state index contributed by atoms with van der Waals surface area (Å²) >= 11 is 0. The van der Waals surface area contributed by atoms with Gasteiger partial charge in [0.2, 0.25) is 5.95 Å². The number of anilines is 1. The third kappa shape index (κ3) is 3.13. The Hall–Kier alpha value is -2.72. The van der Waals surface area contributed by atoms with E-state index in [0.29, 0.717) is 35.9 Å². The Kier molecular flexibility index (Phi) is 4.12. The third-order valence-corrected chi connectivity index (χ3v) is 3.41. The maximum atomic E-state index is 9.34. The van der Waals surface area contributed by atoms with Gasteiger partial charge in [-0.15, -0.1) is 0 Å². The Morgan fingerprint density at radius 1 is 1.27 bits per heavy atom. The van der Waals surface area contributed by atoms with Crippen LogP contribution >= 0.6 is 0 Å². The van der Waals surface area contributed by atoms with Gasteiger partial charge in [-0.25, -0.2) is 9.97 Å². The Morgan fingerprint density at radius 2 is 2.09 bits per heavy atom. The minimum atomic E-state index is 0.0829. The first kappa shape index (κ1) is 14.2. The molecule has 0 unspecified atom stereocenters. The van der Waals surface area contributed by atoms with Crippen molar-refractivity contribution in [2.75, 3.05) is 18.9 Å². The first-order chi connectivity index (χ1) is 10.8. The molecule has 7 heteroatoms. The molecule has 0 amide bonds. The average molecular weight is 297 g/mol. The number of nitrogens with zero attached hydrogens (tertiary/aromatic N) is 4. The van der Waals surface area contributed by atoms with E-state index in [9.17, 15) is 5.26 Å². The minimum Gasteiger partial charge on any atom is -0.489 e. The maximum Gasteiger partial charge on any atom is 0.223 e. The van der Waals surface area contributed by atoms with E-state index in [4.69, 9.17) is 15.2 Å². The molecule has 7 nitrogen and oxygen atoms in total. The molecule has 2 N–H and O–H groups in total. The van der Waals surface area contributed by atoms with Crippen molar-refractivity contribution in [2.24, 2.45) is 0 Å². The lowest BCUT2D eigenvalue weighted by Crippen LogP contribution is -2.26. The highest BCUT2D eigenvalue weighted by Gasteiger charge is 2.17. The van der Waals surface area contributed by atoms with Crippen LogP contribution in [0, 0.1) is 11.3 Å². The van der Waals surface area contributed by atoms with Gasteiger partial charge in [0.05, 0.1) is 18.8 Å². The molecule has 112 valence electrons. The Morgan fingerprint density at radius 3 is 2.82 bits per heavy atom. The number of nitrogen functional groups attached to an aromatic ring is 1. The van der Waals surface area contributed by atoms with Gasteiger partial charge >= 0.3 is 0 Å². The Labute approximate surface area is 127 Å². The topological polar surface area (TPSA) is 107 Å². The quantitative estimate of drug-likeness (QED) is 0.915. The van der Waals surface area contributed by atoms with Gasteiger partial charge in [0, 0.05) is 18.4 Å². The zero-order chi connectivity index (χ0) is 15.4. The fourth-order valence-corrected chi connectivity index (χ4v) is 2.28. The summed E-state index contributed by atoms with van der Waals surface area (Å²) in [6, 6.07) is 7.43. The van der Waals surface area contributed by atoms with Gasteiger partial charge in [0.25, 0.3) is 0 Å². The highest BCUT2D eigenvalue weighted by molar-refractivity contribution is 5.61. The van der Waals surface area contributed by atoms with Crippen LogP contribution < -0.4 is 10.5 Å². The van der Waals surface area contributed by atoms with Crippen molar-refractivity contribution in [3.63, 3.8) is 0 Å². The molecule has 3 rings (SSSR count). The standard InChI is InChI=1S/C15H15N5O2/c16-8-11-7-10(14-18-9-19-15(17)20-14)1-2-13(11)22-12-3-5-21-6-4-12/h1-2,7,9,12H,3-6H2,(H2,17,18,19,20). The molecule has 0 atom stereocenters. The molecule has 1 saturated heterocycles. The van der Waals surface area contributed by atoms with Crippen LogP contribution in [0.2, 0.25) is 0 Å². The van der Waals surface area contributed by atoms with Crippen molar-refractivity contribution < 1.29 is 9.47 Å². The van der Waals surface area contributed by atoms with Gasteiger partial charge in [-0.1, -0.05) is 0 Å². The van der Waals surface area contributed by atoms with E-state index in [-0.39, 0.29) is 12.1 Å². The van der Waals surface area contributed by atoms with Gasteiger partial charge in [-0.05, 0) is 18.2 Å². The monoisotopic (exact) mass is 297 g/mol. The summed E-state index contributed by atoms with van der Waals surface area (Å²) in [4.78, 5) is 11.9. The second-order valence-electron chi connectivity index (χ2n) is 4.92. The molecule has 22 heavy (non-hydrogen) atoms. The lowest BCUT2D eigenvalue weighted by molar-refractivity contribution is 0.0254. The van der Waals surface area contributed by atoms with Crippen LogP contribution in [0.3, 0.4) is 0 Å². The molecule has 0 aliphatic carbocycles. The number of nitriles is 1. The predicted octanol–water partition coefficient (Wildman–Crippen LogP) is 1.55. The van der Waals surface area contributed by atoms with E-state index < -0.39 is 0 Å². The largest absolute Gasteiger partial charge is 0.489 e. The molecule has 1 fully saturated rings. The van der Waals surface area contributed by atoms with Gasteiger partial charge in [-0.2, -0.15) is 10.2 Å². The van der Waals surface area contributed by atoms with E-state index in [2.05, 4.69) is 21.0 Å². The lowest BCUT2D eigenvalue weighted by atomic mass is 10.1. The average Bonchev–Trinajstić information content (AvgIpc) is 2.56. The molecule has 1 aliphatic heterocycles. The van der Waals surface area contributed by atoms with Crippen LogP contribution in [0.5, 0.6) is 5.75 Å². The number of rotatable bonds is 3. The molecule has 1 aromatic heterocycles. The molecule has 0 radical (unpaired) electrons. The van der Waals surface area contributed by atoms with Crippen LogP contribution in [0.4, 0.5) is 5.95 Å². The first-order valence-electron chi connectivity index (χ1n) is 6.99. The SMILES string of the molecule is N#Cc1cc(-c2ncnc(N)n2)ccc1OC1CCOCC1. The minimum absolute atomic E-state index is 0.0829. The van der Waals surface area contributed by atoms with E-state index >= 15 is 0 Å². The second-order valence-corrected chi connectivity index (χ2v) is 4.92. The number of hydrogen-bond donors (Lipinski definition) is 1. The van der Waals surface area contributed by atoms with Crippen molar-refractivity contribution >= 4 is 5.95 Å². The molecule has 0 bridgehead atoms. The van der Waals surface area contributed by atoms with Gasteiger partial charge in [0.1, 0.15) is 24.3 Å². The first-order valence-corrected chi connectivity index (χ1v) is 6.99. The third-order valence-electron chi connectivity index (χ3n) is 3.41. The summed E-state index contributed by atoms with van der Waals surface area (Å²) in [5, 5.41) is 9.34. The van der Waals surface area contributed by atoms with Crippen molar-refractivity contribution in [2.45, 2.75) is 18.9 Å². The van der Waals surface area contributed by atoms with Crippen LogP contribution in [0.1, 0.15) is 18.4 Å². The zero-order valence-corrected chi connectivity index (χ0v) is 11.9. The van der Waals surface area contributed by atoms with Crippen LogP contribution in [0.15, 0.2) is 24.5 Å². The normalized spacial score (nSPS) is 15.2. The summed E-state index contributed by atoms with van der Waals surface area (Å²) in [7, 11) is 0. The van der Waals surface area contributed by atoms with Crippen molar-refractivity contribution in [3.8, 4) is 23.2 Å². The molecule has 2 heterocycles. The zero-order valence-electron chi connectivity index (χ0n) is 11.9. The number of hydrogen-bond acceptors (Lipinski definition) is 7. The van der Waals surface area contributed by atoms with E-state index in [0.717, 1.165) is 12.8 Å². The molecule has 1 aromatic carbocycles. The Balaban J connectivity index is 1.86. The molecule has 0 spiro atoms. The Bertz CT molecular complexity index is 707. The summed E-state index contributed by atoms with van der Waals surface area (Å²) in [6.45, 7) is 1.38. The number of nitrogens with two attached hydrogens (primary N) is 1. The number of benzene rings is 1. The van der Waals surface area contributed by atoms with Crippen molar-refractivity contribution in [1.29, 1.82) is 5.26 Å². The fourth-order valence-electron chi connectivity index (χ4n) is 2.28. The molecular weight excluding hydrogens is 282 g/mol. The van der Waals surface area contributed by atoms with Gasteiger partial charge < -0.3 is 15.2 Å². The molecular formula is C15H15N5O2. The maximum absolute atomic E-state index is 9.34. The predicted molar refractivity (Wildman–Crippen MR) is 78.9 cm³/mol. The molecule has 0 saturated carbocycles. The van der Waals surface area contributed by atoms with Crippen molar-refractivity contribution in [1.82, 2.24) is 15.0 Å². The van der Waals surface area contributed by atoms with Crippen LogP contribution in [-0.2, 0) is 4.74 Å². The summed E-state index contributed by atoms with van der Waals surface area (Å²) in [5.74, 6) is 1.15. The highest BCUT2D eigenvalue weighted by atomic mass is 16.5. The summed E-state index contributed by atoms with van der Waals surface area (Å²) in [5.41, 5.74) is 6.70. The molecule has 2 aromatic rings. The number of aromatic nitrogens is 3.